The molecule has 0 fully saturated rings. The minimum atomic E-state index is -0.116. The average molecular weight is 449 g/mol. The fraction of sp³-hybridized carbons (Fsp3) is 0.125. The molecule has 0 N–H and O–H groups in total. The van der Waals surface area contributed by atoms with Gasteiger partial charge in [0, 0.05) is 29.5 Å². The lowest BCUT2D eigenvalue weighted by Crippen LogP contribution is -2.30. The topological polar surface area (TPSA) is 38.4 Å². The number of carbonyl (C=O) groups is 1. The standard InChI is InChI=1S/C24H21BrN2O2/c25-21-12-10-20(11-13-21)16-26-14-4-8-22(26)18-27(17-19-6-2-1-3-7-19)24(28)23-9-5-15-29-23/h1-15H,16-18H2. The van der Waals surface area contributed by atoms with Crippen molar-refractivity contribution in [2.45, 2.75) is 19.6 Å². The van der Waals surface area contributed by atoms with Gasteiger partial charge < -0.3 is 13.9 Å². The number of halogens is 1. The molecule has 29 heavy (non-hydrogen) atoms. The van der Waals surface area contributed by atoms with Gasteiger partial charge in [0.15, 0.2) is 5.76 Å². The number of hydrogen-bond donors (Lipinski definition) is 0. The van der Waals surface area contributed by atoms with Crippen molar-refractivity contribution >= 4 is 21.8 Å². The number of nitrogens with zero attached hydrogens (tertiary/aromatic N) is 2. The molecular formula is C24H21BrN2O2. The number of furan rings is 1. The van der Waals surface area contributed by atoms with Crippen molar-refractivity contribution in [2.24, 2.45) is 0 Å². The van der Waals surface area contributed by atoms with Crippen LogP contribution < -0.4 is 0 Å². The lowest BCUT2D eigenvalue weighted by atomic mass is 10.2. The van der Waals surface area contributed by atoms with E-state index in [2.05, 4.69) is 44.9 Å². The third kappa shape index (κ3) is 4.87. The van der Waals surface area contributed by atoms with Crippen molar-refractivity contribution in [3.63, 3.8) is 0 Å². The van der Waals surface area contributed by atoms with E-state index in [4.69, 9.17) is 4.42 Å². The van der Waals surface area contributed by atoms with Crippen LogP contribution in [0.3, 0.4) is 0 Å². The summed E-state index contributed by atoms with van der Waals surface area (Å²) in [4.78, 5) is 14.9. The second-order valence-corrected chi connectivity index (χ2v) is 7.79. The molecule has 0 aliphatic rings. The second kappa shape index (κ2) is 8.97. The summed E-state index contributed by atoms with van der Waals surface area (Å²) in [6.07, 6.45) is 3.58. The number of benzene rings is 2. The molecule has 2 aromatic carbocycles. The van der Waals surface area contributed by atoms with E-state index in [9.17, 15) is 4.79 Å². The third-order valence-corrected chi connectivity index (χ3v) is 5.31. The zero-order valence-electron chi connectivity index (χ0n) is 15.9. The van der Waals surface area contributed by atoms with E-state index in [0.717, 1.165) is 22.3 Å². The summed E-state index contributed by atoms with van der Waals surface area (Å²) in [6.45, 7) is 1.77. The first-order valence-electron chi connectivity index (χ1n) is 9.44. The number of carbonyl (C=O) groups excluding carboxylic acids is 1. The molecule has 4 nitrogen and oxygen atoms in total. The minimum absolute atomic E-state index is 0.116. The van der Waals surface area contributed by atoms with Gasteiger partial charge in [0.1, 0.15) is 0 Å². The quantitative estimate of drug-likeness (QED) is 0.361. The zero-order valence-corrected chi connectivity index (χ0v) is 17.5. The van der Waals surface area contributed by atoms with Crippen LogP contribution in [0.1, 0.15) is 27.4 Å². The highest BCUT2D eigenvalue weighted by atomic mass is 79.9. The van der Waals surface area contributed by atoms with Crippen LogP contribution in [0.15, 0.2) is 100 Å². The molecule has 4 aromatic rings. The summed E-state index contributed by atoms with van der Waals surface area (Å²) in [5.74, 6) is 0.238. The van der Waals surface area contributed by atoms with Crippen molar-refractivity contribution in [1.29, 1.82) is 0 Å². The van der Waals surface area contributed by atoms with Crippen LogP contribution in [0.25, 0.3) is 0 Å². The van der Waals surface area contributed by atoms with Crippen molar-refractivity contribution in [3.8, 4) is 0 Å². The molecule has 0 bridgehead atoms. The van der Waals surface area contributed by atoms with E-state index in [-0.39, 0.29) is 5.91 Å². The van der Waals surface area contributed by atoms with Gasteiger partial charge in [0.05, 0.1) is 12.8 Å². The van der Waals surface area contributed by atoms with Crippen LogP contribution >= 0.6 is 15.9 Å². The van der Waals surface area contributed by atoms with Gasteiger partial charge in [0.2, 0.25) is 0 Å². The molecule has 0 saturated heterocycles. The van der Waals surface area contributed by atoms with E-state index in [1.807, 2.05) is 53.4 Å². The molecule has 146 valence electrons. The Labute approximate surface area is 178 Å². The van der Waals surface area contributed by atoms with Crippen LogP contribution in [0.5, 0.6) is 0 Å². The van der Waals surface area contributed by atoms with Gasteiger partial charge in [-0.3, -0.25) is 4.79 Å². The maximum absolute atomic E-state index is 13.1. The maximum Gasteiger partial charge on any atom is 0.290 e. The van der Waals surface area contributed by atoms with Crippen LogP contribution in [0.2, 0.25) is 0 Å². The molecule has 5 heteroatoms. The zero-order chi connectivity index (χ0) is 20.1. The smallest absolute Gasteiger partial charge is 0.290 e. The van der Waals surface area contributed by atoms with Crippen LogP contribution in [0.4, 0.5) is 0 Å². The first-order chi connectivity index (χ1) is 14.2. The summed E-state index contributed by atoms with van der Waals surface area (Å²) < 4.78 is 8.61. The summed E-state index contributed by atoms with van der Waals surface area (Å²) >= 11 is 3.48. The largest absolute Gasteiger partial charge is 0.459 e. The number of aromatic nitrogens is 1. The minimum Gasteiger partial charge on any atom is -0.459 e. The first-order valence-corrected chi connectivity index (χ1v) is 10.2. The van der Waals surface area contributed by atoms with Gasteiger partial charge >= 0.3 is 0 Å². The Morgan fingerprint density at radius 3 is 2.38 bits per heavy atom. The Balaban J connectivity index is 1.57. The number of hydrogen-bond acceptors (Lipinski definition) is 2. The van der Waals surface area contributed by atoms with Crippen molar-refractivity contribution in [1.82, 2.24) is 9.47 Å². The number of amides is 1. The molecule has 0 aliphatic carbocycles. The highest BCUT2D eigenvalue weighted by Gasteiger charge is 2.20. The molecule has 1 amide bonds. The van der Waals surface area contributed by atoms with Gasteiger partial charge in [-0.1, -0.05) is 58.4 Å². The van der Waals surface area contributed by atoms with E-state index < -0.39 is 0 Å². The monoisotopic (exact) mass is 448 g/mol. The van der Waals surface area contributed by atoms with Crippen molar-refractivity contribution in [3.05, 3.63) is 118 Å². The van der Waals surface area contributed by atoms with E-state index in [0.29, 0.717) is 18.8 Å². The van der Waals surface area contributed by atoms with Gasteiger partial charge in [-0.15, -0.1) is 0 Å². The second-order valence-electron chi connectivity index (χ2n) is 6.88. The third-order valence-electron chi connectivity index (χ3n) is 4.78. The summed E-state index contributed by atoms with van der Waals surface area (Å²) in [7, 11) is 0. The van der Waals surface area contributed by atoms with Gasteiger partial charge in [-0.05, 0) is 47.5 Å². The lowest BCUT2D eigenvalue weighted by molar-refractivity contribution is 0.0694. The predicted molar refractivity (Wildman–Crippen MR) is 116 cm³/mol. The molecule has 0 spiro atoms. The Morgan fingerprint density at radius 2 is 1.66 bits per heavy atom. The first kappa shape index (κ1) is 19.3. The molecule has 0 saturated carbocycles. The Bertz CT molecular complexity index is 1050. The molecule has 2 heterocycles. The molecule has 0 radical (unpaired) electrons. The summed E-state index contributed by atoms with van der Waals surface area (Å²) in [5, 5.41) is 0. The highest BCUT2D eigenvalue weighted by molar-refractivity contribution is 9.10. The summed E-state index contributed by atoms with van der Waals surface area (Å²) in [6, 6.07) is 25.8. The fourth-order valence-corrected chi connectivity index (χ4v) is 3.55. The highest BCUT2D eigenvalue weighted by Crippen LogP contribution is 2.17. The van der Waals surface area contributed by atoms with E-state index in [1.165, 1.54) is 11.8 Å². The molecule has 2 aromatic heterocycles. The van der Waals surface area contributed by atoms with E-state index in [1.54, 1.807) is 12.1 Å². The van der Waals surface area contributed by atoms with Crippen LogP contribution in [-0.2, 0) is 19.6 Å². The SMILES string of the molecule is O=C(c1ccco1)N(Cc1ccccc1)Cc1cccn1Cc1ccc(Br)cc1. The molecule has 0 unspecified atom stereocenters. The van der Waals surface area contributed by atoms with E-state index >= 15 is 0 Å². The average Bonchev–Trinajstić information content (AvgIpc) is 3.42. The predicted octanol–water partition coefficient (Wildman–Crippen LogP) is 5.73. The summed E-state index contributed by atoms with van der Waals surface area (Å²) in [5.41, 5.74) is 3.36. The molecule has 4 rings (SSSR count). The Morgan fingerprint density at radius 1 is 0.862 bits per heavy atom. The van der Waals surface area contributed by atoms with Gasteiger partial charge in [-0.25, -0.2) is 0 Å². The van der Waals surface area contributed by atoms with Crippen molar-refractivity contribution < 1.29 is 9.21 Å². The lowest BCUT2D eigenvalue weighted by Gasteiger charge is -2.23. The fourth-order valence-electron chi connectivity index (χ4n) is 3.29. The normalized spacial score (nSPS) is 10.8. The van der Waals surface area contributed by atoms with Crippen LogP contribution in [0, 0.1) is 0 Å². The van der Waals surface area contributed by atoms with Gasteiger partial charge in [0.25, 0.3) is 5.91 Å². The van der Waals surface area contributed by atoms with Crippen molar-refractivity contribution in [2.75, 3.05) is 0 Å². The Hall–Kier alpha value is -3.05. The molecule has 0 atom stereocenters. The molecular weight excluding hydrogens is 428 g/mol. The number of rotatable bonds is 7. The Kier molecular flexibility index (Phi) is 5.96. The van der Waals surface area contributed by atoms with Gasteiger partial charge in [-0.2, -0.15) is 0 Å². The van der Waals surface area contributed by atoms with Crippen LogP contribution in [-0.4, -0.2) is 15.4 Å². The maximum atomic E-state index is 13.1. The molecule has 0 aliphatic heterocycles.